The molecule has 1 fully saturated rings. The molecular formula is C15H20N2O4. The zero-order chi connectivity index (χ0) is 14.8. The van der Waals surface area contributed by atoms with Gasteiger partial charge in [0, 0.05) is 24.8 Å². The number of hydrogen-bond donors (Lipinski definition) is 1. The van der Waals surface area contributed by atoms with Gasteiger partial charge in [-0.05, 0) is 30.9 Å². The number of nitrogens with two attached hydrogens (primary N) is 1. The predicted molar refractivity (Wildman–Crippen MR) is 77.5 cm³/mol. The number of esters is 1. The summed E-state index contributed by atoms with van der Waals surface area (Å²) in [6, 6.07) is 5.45. The van der Waals surface area contributed by atoms with E-state index < -0.39 is 6.04 Å². The highest BCUT2D eigenvalue weighted by molar-refractivity contribution is 5.75. The van der Waals surface area contributed by atoms with Crippen LogP contribution in [0.15, 0.2) is 18.2 Å². The Morgan fingerprint density at radius 3 is 3.10 bits per heavy atom. The summed E-state index contributed by atoms with van der Waals surface area (Å²) in [5.41, 5.74) is 6.95. The quantitative estimate of drug-likeness (QED) is 0.839. The fourth-order valence-corrected chi connectivity index (χ4v) is 2.95. The lowest BCUT2D eigenvalue weighted by molar-refractivity contribution is -0.142. The van der Waals surface area contributed by atoms with Crippen LogP contribution in [-0.2, 0) is 9.53 Å². The Hall–Kier alpha value is -1.95. The second-order valence-corrected chi connectivity index (χ2v) is 5.50. The van der Waals surface area contributed by atoms with Crippen molar-refractivity contribution < 1.29 is 19.0 Å². The molecule has 0 radical (unpaired) electrons. The largest absolute Gasteiger partial charge is 0.468 e. The first kappa shape index (κ1) is 14.0. The van der Waals surface area contributed by atoms with E-state index in [-0.39, 0.29) is 12.8 Å². The first-order valence-electron chi connectivity index (χ1n) is 7.15. The van der Waals surface area contributed by atoms with Crippen LogP contribution in [0.1, 0.15) is 12.8 Å². The molecule has 2 aliphatic heterocycles. The van der Waals surface area contributed by atoms with E-state index in [0.29, 0.717) is 12.3 Å². The molecule has 6 heteroatoms. The molecule has 0 aromatic heterocycles. The zero-order valence-corrected chi connectivity index (χ0v) is 12.1. The maximum Gasteiger partial charge on any atom is 0.322 e. The molecule has 114 valence electrons. The van der Waals surface area contributed by atoms with Crippen molar-refractivity contribution in [3.05, 3.63) is 18.2 Å². The smallest absolute Gasteiger partial charge is 0.322 e. The number of ether oxygens (including phenoxy) is 3. The fourth-order valence-electron chi connectivity index (χ4n) is 2.95. The van der Waals surface area contributed by atoms with Gasteiger partial charge in [0.1, 0.15) is 6.04 Å². The Morgan fingerprint density at radius 2 is 2.29 bits per heavy atom. The molecule has 2 unspecified atom stereocenters. The molecule has 2 aliphatic rings. The third-order valence-corrected chi connectivity index (χ3v) is 4.10. The van der Waals surface area contributed by atoms with Crippen molar-refractivity contribution in [2.45, 2.75) is 18.9 Å². The third kappa shape index (κ3) is 2.90. The molecule has 0 amide bonds. The van der Waals surface area contributed by atoms with E-state index in [0.717, 1.165) is 36.7 Å². The molecule has 0 spiro atoms. The van der Waals surface area contributed by atoms with Gasteiger partial charge >= 0.3 is 5.97 Å². The minimum atomic E-state index is -0.531. The van der Waals surface area contributed by atoms with Crippen LogP contribution < -0.4 is 20.1 Å². The van der Waals surface area contributed by atoms with Crippen LogP contribution in [-0.4, -0.2) is 39.0 Å². The standard InChI is InChI=1S/C15H20N2O4/c1-19-15(18)12(16)6-10-4-5-17(8-10)11-2-3-13-14(7-11)21-9-20-13/h2-3,7,10,12H,4-6,8-9,16H2,1H3. The van der Waals surface area contributed by atoms with Gasteiger partial charge in [0.05, 0.1) is 7.11 Å². The molecule has 2 heterocycles. The van der Waals surface area contributed by atoms with Gasteiger partial charge in [-0.3, -0.25) is 4.79 Å². The number of carbonyl (C=O) groups is 1. The summed E-state index contributed by atoms with van der Waals surface area (Å²) in [5.74, 6) is 1.66. The molecule has 2 atom stereocenters. The van der Waals surface area contributed by atoms with Gasteiger partial charge in [-0.1, -0.05) is 0 Å². The summed E-state index contributed by atoms with van der Waals surface area (Å²) < 4.78 is 15.4. The van der Waals surface area contributed by atoms with Gasteiger partial charge in [-0.15, -0.1) is 0 Å². The highest BCUT2D eigenvalue weighted by Crippen LogP contribution is 2.37. The number of nitrogens with zero attached hydrogens (tertiary/aromatic N) is 1. The van der Waals surface area contributed by atoms with Crippen molar-refractivity contribution >= 4 is 11.7 Å². The molecule has 0 aliphatic carbocycles. The molecule has 0 saturated carbocycles. The lowest BCUT2D eigenvalue weighted by atomic mass is 10.00. The average Bonchev–Trinajstić information content (AvgIpc) is 3.14. The van der Waals surface area contributed by atoms with Crippen LogP contribution in [0.4, 0.5) is 5.69 Å². The number of hydrogen-bond acceptors (Lipinski definition) is 6. The van der Waals surface area contributed by atoms with Crippen LogP contribution >= 0.6 is 0 Å². The highest BCUT2D eigenvalue weighted by Gasteiger charge is 2.28. The molecule has 1 aromatic rings. The van der Waals surface area contributed by atoms with E-state index in [2.05, 4.69) is 9.64 Å². The zero-order valence-electron chi connectivity index (χ0n) is 12.1. The van der Waals surface area contributed by atoms with E-state index in [4.69, 9.17) is 15.2 Å². The van der Waals surface area contributed by atoms with E-state index >= 15 is 0 Å². The number of fused-ring (bicyclic) bond motifs is 1. The lowest BCUT2D eigenvalue weighted by Gasteiger charge is -2.20. The van der Waals surface area contributed by atoms with E-state index in [1.807, 2.05) is 18.2 Å². The van der Waals surface area contributed by atoms with Gasteiger partial charge in [0.25, 0.3) is 0 Å². The summed E-state index contributed by atoms with van der Waals surface area (Å²) in [6.07, 6.45) is 1.69. The summed E-state index contributed by atoms with van der Waals surface area (Å²) in [4.78, 5) is 13.7. The van der Waals surface area contributed by atoms with Crippen molar-refractivity contribution in [3.63, 3.8) is 0 Å². The molecule has 6 nitrogen and oxygen atoms in total. The maximum atomic E-state index is 11.4. The SMILES string of the molecule is COC(=O)C(N)CC1CCN(c2ccc3c(c2)OCO3)C1. The number of benzene rings is 1. The Bertz CT molecular complexity index is 534. The number of methoxy groups -OCH3 is 1. The minimum Gasteiger partial charge on any atom is -0.468 e. The van der Waals surface area contributed by atoms with Crippen molar-refractivity contribution in [3.8, 4) is 11.5 Å². The predicted octanol–water partition coefficient (Wildman–Crippen LogP) is 1.13. The van der Waals surface area contributed by atoms with Gasteiger partial charge in [-0.25, -0.2) is 0 Å². The van der Waals surface area contributed by atoms with E-state index in [1.165, 1.54) is 7.11 Å². The first-order valence-corrected chi connectivity index (χ1v) is 7.15. The molecule has 3 rings (SSSR count). The third-order valence-electron chi connectivity index (χ3n) is 4.10. The molecule has 0 bridgehead atoms. The maximum absolute atomic E-state index is 11.4. The Balaban J connectivity index is 1.60. The molecule has 1 saturated heterocycles. The monoisotopic (exact) mass is 292 g/mol. The number of carbonyl (C=O) groups excluding carboxylic acids is 1. The fraction of sp³-hybridized carbons (Fsp3) is 0.533. The number of anilines is 1. The Kier molecular flexibility index (Phi) is 3.88. The summed E-state index contributed by atoms with van der Waals surface area (Å²) in [6.45, 7) is 2.14. The summed E-state index contributed by atoms with van der Waals surface area (Å²) >= 11 is 0. The molecule has 1 aromatic carbocycles. The average molecular weight is 292 g/mol. The van der Waals surface area contributed by atoms with Gasteiger partial charge < -0.3 is 24.8 Å². The second-order valence-electron chi connectivity index (χ2n) is 5.50. The first-order chi connectivity index (χ1) is 10.2. The normalized spacial score (nSPS) is 21.4. The van der Waals surface area contributed by atoms with Crippen molar-refractivity contribution in [1.82, 2.24) is 0 Å². The van der Waals surface area contributed by atoms with E-state index in [1.54, 1.807) is 0 Å². The highest BCUT2D eigenvalue weighted by atomic mass is 16.7. The Labute approximate surface area is 123 Å². The van der Waals surface area contributed by atoms with E-state index in [9.17, 15) is 4.79 Å². The molecular weight excluding hydrogens is 272 g/mol. The van der Waals surface area contributed by atoms with Gasteiger partial charge in [-0.2, -0.15) is 0 Å². The minimum absolute atomic E-state index is 0.287. The van der Waals surface area contributed by atoms with Crippen molar-refractivity contribution in [2.75, 3.05) is 31.9 Å². The van der Waals surface area contributed by atoms with Gasteiger partial charge in [0.2, 0.25) is 6.79 Å². The van der Waals surface area contributed by atoms with Gasteiger partial charge in [0.15, 0.2) is 11.5 Å². The summed E-state index contributed by atoms with van der Waals surface area (Å²) in [7, 11) is 1.37. The topological polar surface area (TPSA) is 74.0 Å². The molecule has 21 heavy (non-hydrogen) atoms. The second kappa shape index (κ2) is 5.81. The lowest BCUT2D eigenvalue weighted by Crippen LogP contribution is -2.34. The van der Waals surface area contributed by atoms with Crippen molar-refractivity contribution in [1.29, 1.82) is 0 Å². The molecule has 2 N–H and O–H groups in total. The van der Waals surface area contributed by atoms with Crippen LogP contribution in [0.3, 0.4) is 0 Å². The van der Waals surface area contributed by atoms with Crippen molar-refractivity contribution in [2.24, 2.45) is 11.7 Å². The van der Waals surface area contributed by atoms with Crippen LogP contribution in [0, 0.1) is 5.92 Å². The number of rotatable bonds is 4. The Morgan fingerprint density at radius 1 is 1.48 bits per heavy atom. The van der Waals surface area contributed by atoms with Crippen LogP contribution in [0.5, 0.6) is 11.5 Å². The van der Waals surface area contributed by atoms with Crippen LogP contribution in [0.2, 0.25) is 0 Å². The van der Waals surface area contributed by atoms with Crippen LogP contribution in [0.25, 0.3) is 0 Å². The summed E-state index contributed by atoms with van der Waals surface area (Å²) in [5, 5.41) is 0.